The van der Waals surface area contributed by atoms with E-state index in [4.69, 9.17) is 4.74 Å². The Morgan fingerprint density at radius 2 is 1.81 bits per heavy atom. The van der Waals surface area contributed by atoms with Gasteiger partial charge in [0, 0.05) is 29.7 Å². The van der Waals surface area contributed by atoms with Crippen LogP contribution in [0.25, 0.3) is 0 Å². The van der Waals surface area contributed by atoms with Crippen molar-refractivity contribution in [3.05, 3.63) is 71.4 Å². The number of nitrogens with zero attached hydrogens (tertiary/aromatic N) is 2. The van der Waals surface area contributed by atoms with Gasteiger partial charge in [0.25, 0.3) is 0 Å². The predicted octanol–water partition coefficient (Wildman–Crippen LogP) is 3.41. The van der Waals surface area contributed by atoms with Gasteiger partial charge in [-0.2, -0.15) is 5.10 Å². The monoisotopic (exact) mass is 431 g/mol. The molecular weight excluding hydrogens is 406 g/mol. The van der Waals surface area contributed by atoms with Crippen molar-refractivity contribution in [1.82, 2.24) is 20.4 Å². The summed E-state index contributed by atoms with van der Waals surface area (Å²) < 4.78 is 7.64. The molecule has 164 valence electrons. The van der Waals surface area contributed by atoms with Crippen molar-refractivity contribution in [3.63, 3.8) is 0 Å². The normalized spacial score (nSPS) is 20.0. The van der Waals surface area contributed by atoms with E-state index in [2.05, 4.69) is 21.0 Å². The van der Waals surface area contributed by atoms with E-state index in [9.17, 15) is 9.59 Å². The molecule has 1 saturated heterocycles. The molecule has 1 aromatic heterocycles. The Balaban J connectivity index is 1.48. The largest absolute Gasteiger partial charge is 0.457 e. The Morgan fingerprint density at radius 3 is 2.47 bits per heavy atom. The highest BCUT2D eigenvalue weighted by molar-refractivity contribution is 5.99. The van der Waals surface area contributed by atoms with Crippen molar-refractivity contribution in [2.75, 3.05) is 5.32 Å². The number of nitrogens with one attached hydrogen (secondary N) is 3. The lowest BCUT2D eigenvalue weighted by Crippen LogP contribution is -2.53. The summed E-state index contributed by atoms with van der Waals surface area (Å²) in [6.07, 6.45) is 0.714. The van der Waals surface area contributed by atoms with E-state index in [0.29, 0.717) is 23.7 Å². The van der Waals surface area contributed by atoms with Gasteiger partial charge >= 0.3 is 0 Å². The zero-order valence-electron chi connectivity index (χ0n) is 18.0. The quantitative estimate of drug-likeness (QED) is 0.588. The van der Waals surface area contributed by atoms with Crippen LogP contribution in [0.15, 0.2) is 54.6 Å². The summed E-state index contributed by atoms with van der Waals surface area (Å²) in [5, 5.41) is 13.9. The second-order valence-electron chi connectivity index (χ2n) is 8.16. The van der Waals surface area contributed by atoms with Gasteiger partial charge in [-0.3, -0.25) is 14.9 Å². The van der Waals surface area contributed by atoms with Crippen LogP contribution in [-0.2, 0) is 9.59 Å². The zero-order chi connectivity index (χ0) is 22.2. The number of aryl methyl sites for hydroxylation is 1. The van der Waals surface area contributed by atoms with E-state index in [1.807, 2.05) is 62.4 Å². The van der Waals surface area contributed by atoms with Crippen LogP contribution in [0.2, 0.25) is 0 Å². The van der Waals surface area contributed by atoms with Crippen LogP contribution in [0.3, 0.4) is 0 Å². The van der Waals surface area contributed by atoms with E-state index in [-0.39, 0.29) is 17.9 Å². The molecule has 2 aliphatic rings. The standard InChI is InChI=1S/C24H25N5O3/c1-3-15-13-21(30)27-24(25-15)29-20(12-14(2)28-29)26-23(31)22-16-8-4-6-10-18(16)32-19-11-7-5-9-17(19)22/h4-12,15,22,24-25H,3,13H2,1-2H3,(H,26,31)(H,27,30). The Kier molecular flexibility index (Phi) is 5.14. The van der Waals surface area contributed by atoms with Crippen LogP contribution < -0.4 is 20.7 Å². The van der Waals surface area contributed by atoms with Gasteiger partial charge < -0.3 is 15.4 Å². The molecule has 2 atom stereocenters. The van der Waals surface area contributed by atoms with E-state index in [0.717, 1.165) is 23.2 Å². The SMILES string of the molecule is CCC1CC(=O)NC(n2nc(C)cc2NC(=O)C2c3ccccc3Oc3ccccc32)N1. The molecule has 0 spiro atoms. The molecule has 5 rings (SSSR count). The number of carbonyl (C=O) groups excluding carboxylic acids is 2. The van der Waals surface area contributed by atoms with Crippen LogP contribution >= 0.6 is 0 Å². The molecule has 32 heavy (non-hydrogen) atoms. The highest BCUT2D eigenvalue weighted by Gasteiger charge is 2.34. The minimum atomic E-state index is -0.530. The fraction of sp³-hybridized carbons (Fsp3) is 0.292. The van der Waals surface area contributed by atoms with Gasteiger partial charge in [0.15, 0.2) is 6.29 Å². The fourth-order valence-corrected chi connectivity index (χ4v) is 4.35. The van der Waals surface area contributed by atoms with Gasteiger partial charge in [-0.15, -0.1) is 0 Å². The van der Waals surface area contributed by atoms with Gasteiger partial charge in [0.1, 0.15) is 17.3 Å². The second kappa shape index (κ2) is 8.12. The molecule has 0 radical (unpaired) electrons. The number of ether oxygens (including phenoxy) is 1. The van der Waals surface area contributed by atoms with Crippen molar-refractivity contribution in [2.45, 2.75) is 44.9 Å². The molecule has 2 aromatic carbocycles. The van der Waals surface area contributed by atoms with Crippen LogP contribution in [-0.4, -0.2) is 27.6 Å². The van der Waals surface area contributed by atoms with E-state index in [1.54, 1.807) is 10.7 Å². The van der Waals surface area contributed by atoms with Crippen LogP contribution in [0.5, 0.6) is 11.5 Å². The first-order chi connectivity index (χ1) is 15.5. The van der Waals surface area contributed by atoms with Crippen molar-refractivity contribution in [3.8, 4) is 11.5 Å². The summed E-state index contributed by atoms with van der Waals surface area (Å²) in [6.45, 7) is 3.89. The van der Waals surface area contributed by atoms with Crippen LogP contribution in [0, 0.1) is 6.92 Å². The van der Waals surface area contributed by atoms with Crippen molar-refractivity contribution in [1.29, 1.82) is 0 Å². The van der Waals surface area contributed by atoms with Gasteiger partial charge in [-0.05, 0) is 25.5 Å². The molecular formula is C24H25N5O3. The number of rotatable bonds is 4. The van der Waals surface area contributed by atoms with Crippen LogP contribution in [0.4, 0.5) is 5.82 Å². The summed E-state index contributed by atoms with van der Waals surface area (Å²) in [5.74, 6) is 1.09. The van der Waals surface area contributed by atoms with Crippen molar-refractivity contribution in [2.24, 2.45) is 0 Å². The van der Waals surface area contributed by atoms with Gasteiger partial charge in [-0.25, -0.2) is 4.68 Å². The first kappa shape index (κ1) is 20.3. The number of aromatic nitrogens is 2. The summed E-state index contributed by atoms with van der Waals surface area (Å²) in [7, 11) is 0. The van der Waals surface area contributed by atoms with Crippen molar-refractivity contribution < 1.29 is 14.3 Å². The molecule has 8 nitrogen and oxygen atoms in total. The first-order valence-electron chi connectivity index (χ1n) is 10.8. The number of hydrogen-bond acceptors (Lipinski definition) is 5. The molecule has 0 saturated carbocycles. The molecule has 0 aliphatic carbocycles. The predicted molar refractivity (Wildman–Crippen MR) is 119 cm³/mol. The maximum atomic E-state index is 13.6. The molecule has 8 heteroatoms. The summed E-state index contributed by atoms with van der Waals surface area (Å²) >= 11 is 0. The molecule has 3 aromatic rings. The van der Waals surface area contributed by atoms with E-state index >= 15 is 0 Å². The topological polar surface area (TPSA) is 97.3 Å². The number of fused-ring (bicyclic) bond motifs is 2. The lowest BCUT2D eigenvalue weighted by molar-refractivity contribution is -0.125. The summed E-state index contributed by atoms with van der Waals surface area (Å²) in [6, 6.07) is 17.0. The number of para-hydroxylation sites is 2. The van der Waals surface area contributed by atoms with E-state index < -0.39 is 12.2 Å². The lowest BCUT2D eigenvalue weighted by atomic mass is 9.87. The zero-order valence-corrected chi connectivity index (χ0v) is 18.0. The van der Waals surface area contributed by atoms with E-state index in [1.165, 1.54) is 0 Å². The molecule has 2 amide bonds. The van der Waals surface area contributed by atoms with Crippen LogP contribution in [0.1, 0.15) is 48.8 Å². The third-order valence-electron chi connectivity index (χ3n) is 5.91. The highest BCUT2D eigenvalue weighted by Crippen LogP contribution is 2.44. The molecule has 3 heterocycles. The smallest absolute Gasteiger partial charge is 0.237 e. The molecule has 2 aliphatic heterocycles. The minimum Gasteiger partial charge on any atom is -0.457 e. The molecule has 1 fully saturated rings. The number of amides is 2. The number of hydrogen-bond donors (Lipinski definition) is 3. The fourth-order valence-electron chi connectivity index (χ4n) is 4.35. The third-order valence-corrected chi connectivity index (χ3v) is 5.91. The Labute approximate surface area is 186 Å². The first-order valence-corrected chi connectivity index (χ1v) is 10.8. The lowest BCUT2D eigenvalue weighted by Gasteiger charge is -2.32. The summed E-state index contributed by atoms with van der Waals surface area (Å²) in [5.41, 5.74) is 2.35. The Bertz CT molecular complexity index is 1140. The number of carbonyl (C=O) groups is 2. The minimum absolute atomic E-state index is 0.0432. The molecule has 3 N–H and O–H groups in total. The Morgan fingerprint density at radius 1 is 1.16 bits per heavy atom. The second-order valence-corrected chi connectivity index (χ2v) is 8.16. The third kappa shape index (κ3) is 3.62. The average molecular weight is 431 g/mol. The highest BCUT2D eigenvalue weighted by atomic mass is 16.5. The summed E-state index contributed by atoms with van der Waals surface area (Å²) in [4.78, 5) is 25.8. The van der Waals surface area contributed by atoms with Gasteiger partial charge in [0.05, 0.1) is 11.6 Å². The molecule has 2 unspecified atom stereocenters. The number of anilines is 1. The maximum Gasteiger partial charge on any atom is 0.237 e. The number of benzene rings is 2. The van der Waals surface area contributed by atoms with Gasteiger partial charge in [0.2, 0.25) is 11.8 Å². The van der Waals surface area contributed by atoms with Crippen molar-refractivity contribution >= 4 is 17.6 Å². The Hall–Kier alpha value is -3.65. The van der Waals surface area contributed by atoms with Gasteiger partial charge in [-0.1, -0.05) is 43.3 Å². The average Bonchev–Trinajstić information content (AvgIpc) is 3.16. The molecule has 0 bridgehead atoms. The maximum absolute atomic E-state index is 13.6.